The number of carboxylic acids is 1. The Hall–Kier alpha value is -1.89. The molecule has 0 aromatic carbocycles. The Morgan fingerprint density at radius 1 is 1.47 bits per heavy atom. The van der Waals surface area contributed by atoms with Gasteiger partial charge in [-0.05, 0) is 19.8 Å². The van der Waals surface area contributed by atoms with Crippen LogP contribution in [0.15, 0.2) is 10.8 Å². The minimum Gasteiger partial charge on any atom is -0.481 e. The summed E-state index contributed by atoms with van der Waals surface area (Å²) in [6.07, 6.45) is 2.01. The van der Waals surface area contributed by atoms with Crippen molar-refractivity contribution in [2.24, 2.45) is 0 Å². The van der Waals surface area contributed by atoms with E-state index >= 15 is 0 Å². The number of aromatic nitrogens is 1. The number of hydrogen-bond donors (Lipinski definition) is 2. The van der Waals surface area contributed by atoms with E-state index in [4.69, 9.17) is 14.3 Å². The quantitative estimate of drug-likeness (QED) is 0.835. The lowest BCUT2D eigenvalue weighted by atomic mass is 9.86. The van der Waals surface area contributed by atoms with E-state index in [2.05, 4.69) is 10.3 Å². The molecule has 0 radical (unpaired) electrons. The number of oxazole rings is 1. The second-order valence-electron chi connectivity index (χ2n) is 4.67. The van der Waals surface area contributed by atoms with Crippen molar-refractivity contribution in [1.82, 2.24) is 10.3 Å². The van der Waals surface area contributed by atoms with Gasteiger partial charge in [-0.3, -0.25) is 9.59 Å². The number of rotatable bonds is 4. The fourth-order valence-electron chi connectivity index (χ4n) is 2.22. The van der Waals surface area contributed by atoms with Crippen molar-refractivity contribution in [3.8, 4) is 0 Å². The zero-order valence-electron chi connectivity index (χ0n) is 10.6. The summed E-state index contributed by atoms with van der Waals surface area (Å²) in [7, 11) is 0. The first kappa shape index (κ1) is 13.5. The molecule has 1 aliphatic heterocycles. The smallest absolute Gasteiger partial charge is 0.305 e. The van der Waals surface area contributed by atoms with Crippen LogP contribution in [0.4, 0.5) is 0 Å². The highest BCUT2D eigenvalue weighted by Gasteiger charge is 2.37. The van der Waals surface area contributed by atoms with E-state index < -0.39 is 17.4 Å². The molecule has 0 unspecified atom stereocenters. The predicted molar refractivity (Wildman–Crippen MR) is 63.7 cm³/mol. The fraction of sp³-hybridized carbons (Fsp3) is 0.583. The maximum atomic E-state index is 12.1. The number of carbonyl (C=O) groups is 2. The lowest BCUT2D eigenvalue weighted by Crippen LogP contribution is -2.53. The molecule has 1 fully saturated rings. The SMILES string of the molecule is Cc1ocnc1C(=O)NC1(CC(=O)O)CCOCC1. The largest absolute Gasteiger partial charge is 0.481 e. The minimum atomic E-state index is -0.945. The minimum absolute atomic E-state index is 0.126. The summed E-state index contributed by atoms with van der Waals surface area (Å²) in [6.45, 7) is 2.51. The standard InChI is InChI=1S/C12H16N2O5/c1-8-10(13-7-19-8)11(17)14-12(6-9(15)16)2-4-18-5-3-12/h7H,2-6H2,1H3,(H,14,17)(H,15,16). The van der Waals surface area contributed by atoms with Gasteiger partial charge in [0, 0.05) is 13.2 Å². The number of hydrogen-bond acceptors (Lipinski definition) is 5. The normalized spacial score (nSPS) is 17.9. The topological polar surface area (TPSA) is 102 Å². The van der Waals surface area contributed by atoms with E-state index in [1.165, 1.54) is 6.39 Å². The first-order valence-corrected chi connectivity index (χ1v) is 6.05. The zero-order valence-corrected chi connectivity index (χ0v) is 10.6. The average molecular weight is 268 g/mol. The van der Waals surface area contributed by atoms with Gasteiger partial charge in [-0.2, -0.15) is 0 Å². The molecular weight excluding hydrogens is 252 g/mol. The molecule has 1 aromatic rings. The Labute approximate surface area is 110 Å². The van der Waals surface area contributed by atoms with E-state index in [0.717, 1.165) is 0 Å². The predicted octanol–water partition coefficient (Wildman–Crippen LogP) is 0.737. The number of aryl methyl sites for hydroxylation is 1. The average Bonchev–Trinajstić information content (AvgIpc) is 2.75. The van der Waals surface area contributed by atoms with Crippen molar-refractivity contribution < 1.29 is 23.8 Å². The summed E-state index contributed by atoms with van der Waals surface area (Å²) in [6, 6.07) is 0. The van der Waals surface area contributed by atoms with Crippen LogP contribution in [-0.4, -0.2) is 40.7 Å². The molecule has 104 valence electrons. The Bertz CT molecular complexity index is 476. The Balaban J connectivity index is 2.14. The summed E-state index contributed by atoms with van der Waals surface area (Å²) in [5, 5.41) is 11.8. The molecule has 2 heterocycles. The van der Waals surface area contributed by atoms with Crippen molar-refractivity contribution >= 4 is 11.9 Å². The first-order valence-electron chi connectivity index (χ1n) is 6.05. The number of carboxylic acid groups (broad SMARTS) is 1. The van der Waals surface area contributed by atoms with E-state index in [-0.39, 0.29) is 12.1 Å². The van der Waals surface area contributed by atoms with Crippen LogP contribution in [0.25, 0.3) is 0 Å². The van der Waals surface area contributed by atoms with Crippen LogP contribution < -0.4 is 5.32 Å². The van der Waals surface area contributed by atoms with Gasteiger partial charge in [0.2, 0.25) is 0 Å². The Morgan fingerprint density at radius 3 is 2.68 bits per heavy atom. The van der Waals surface area contributed by atoms with Gasteiger partial charge in [0.05, 0.1) is 12.0 Å². The van der Waals surface area contributed by atoms with Gasteiger partial charge < -0.3 is 19.6 Å². The van der Waals surface area contributed by atoms with Crippen LogP contribution in [0.5, 0.6) is 0 Å². The highest BCUT2D eigenvalue weighted by molar-refractivity contribution is 5.93. The lowest BCUT2D eigenvalue weighted by Gasteiger charge is -2.36. The summed E-state index contributed by atoms with van der Waals surface area (Å²) >= 11 is 0. The third-order valence-electron chi connectivity index (χ3n) is 3.28. The highest BCUT2D eigenvalue weighted by atomic mass is 16.5. The molecule has 7 nitrogen and oxygen atoms in total. The van der Waals surface area contributed by atoms with Crippen LogP contribution in [0.2, 0.25) is 0 Å². The van der Waals surface area contributed by atoms with Crippen LogP contribution >= 0.6 is 0 Å². The molecule has 1 aromatic heterocycles. The molecule has 1 saturated heterocycles. The van der Waals surface area contributed by atoms with E-state index in [0.29, 0.717) is 31.8 Å². The van der Waals surface area contributed by atoms with Crippen molar-refractivity contribution in [3.05, 3.63) is 17.8 Å². The van der Waals surface area contributed by atoms with Gasteiger partial charge in [-0.15, -0.1) is 0 Å². The molecule has 1 amide bonds. The highest BCUT2D eigenvalue weighted by Crippen LogP contribution is 2.25. The van der Waals surface area contributed by atoms with Crippen molar-refractivity contribution in [1.29, 1.82) is 0 Å². The second kappa shape index (κ2) is 5.40. The van der Waals surface area contributed by atoms with Crippen molar-refractivity contribution in [2.45, 2.75) is 31.7 Å². The second-order valence-corrected chi connectivity index (χ2v) is 4.67. The van der Waals surface area contributed by atoms with Crippen molar-refractivity contribution in [3.63, 3.8) is 0 Å². The number of aliphatic carboxylic acids is 1. The molecule has 0 aliphatic carbocycles. The summed E-state index contributed by atoms with van der Waals surface area (Å²) in [4.78, 5) is 26.9. The molecule has 0 bridgehead atoms. The first-order chi connectivity index (χ1) is 9.02. The molecule has 0 spiro atoms. The van der Waals surface area contributed by atoms with Gasteiger partial charge in [0.1, 0.15) is 5.76 Å². The molecule has 2 N–H and O–H groups in total. The Morgan fingerprint density at radius 2 is 2.16 bits per heavy atom. The Kier molecular flexibility index (Phi) is 3.84. The number of amides is 1. The summed E-state index contributed by atoms with van der Waals surface area (Å²) in [5.41, 5.74) is -0.580. The third kappa shape index (κ3) is 3.11. The van der Waals surface area contributed by atoms with Crippen LogP contribution in [0.3, 0.4) is 0 Å². The molecule has 1 aliphatic rings. The van der Waals surface area contributed by atoms with Crippen LogP contribution in [0.1, 0.15) is 35.5 Å². The third-order valence-corrected chi connectivity index (χ3v) is 3.28. The van der Waals surface area contributed by atoms with Gasteiger partial charge in [-0.1, -0.05) is 0 Å². The van der Waals surface area contributed by atoms with Crippen molar-refractivity contribution in [2.75, 3.05) is 13.2 Å². The maximum Gasteiger partial charge on any atom is 0.305 e. The molecule has 7 heteroatoms. The molecule has 19 heavy (non-hydrogen) atoms. The van der Waals surface area contributed by atoms with Gasteiger partial charge in [-0.25, -0.2) is 4.98 Å². The van der Waals surface area contributed by atoms with Gasteiger partial charge in [0.15, 0.2) is 12.1 Å². The van der Waals surface area contributed by atoms with E-state index in [1.54, 1.807) is 6.92 Å². The molecule has 2 rings (SSSR count). The van der Waals surface area contributed by atoms with E-state index in [9.17, 15) is 9.59 Å². The molecule has 0 saturated carbocycles. The number of ether oxygens (including phenoxy) is 1. The number of nitrogens with one attached hydrogen (secondary N) is 1. The fourth-order valence-corrected chi connectivity index (χ4v) is 2.22. The maximum absolute atomic E-state index is 12.1. The van der Waals surface area contributed by atoms with E-state index in [1.807, 2.05) is 0 Å². The molecular formula is C12H16N2O5. The monoisotopic (exact) mass is 268 g/mol. The summed E-state index contributed by atoms with van der Waals surface area (Å²) in [5.74, 6) is -0.941. The molecule has 0 atom stereocenters. The number of carbonyl (C=O) groups excluding carboxylic acids is 1. The van der Waals surface area contributed by atoms with Crippen LogP contribution in [-0.2, 0) is 9.53 Å². The van der Waals surface area contributed by atoms with Gasteiger partial charge >= 0.3 is 5.97 Å². The summed E-state index contributed by atoms with van der Waals surface area (Å²) < 4.78 is 10.2. The number of nitrogens with zero attached hydrogens (tertiary/aromatic N) is 1. The zero-order chi connectivity index (χ0) is 13.9. The van der Waals surface area contributed by atoms with Gasteiger partial charge in [0.25, 0.3) is 5.91 Å². The van der Waals surface area contributed by atoms with Crippen LogP contribution in [0, 0.1) is 6.92 Å². The lowest BCUT2D eigenvalue weighted by molar-refractivity contribution is -0.139.